The zero-order chi connectivity index (χ0) is 19.1. The van der Waals surface area contributed by atoms with Crippen molar-refractivity contribution in [1.29, 1.82) is 0 Å². The summed E-state index contributed by atoms with van der Waals surface area (Å²) in [5.74, 6) is 1.18. The number of piperidine rings is 1. The number of carbonyl (C=O) groups excluding carboxylic acids is 1. The Morgan fingerprint density at radius 1 is 1.26 bits per heavy atom. The van der Waals surface area contributed by atoms with Crippen molar-refractivity contribution in [1.82, 2.24) is 15.3 Å². The summed E-state index contributed by atoms with van der Waals surface area (Å²) >= 11 is 0. The van der Waals surface area contributed by atoms with Gasteiger partial charge in [-0.15, -0.1) is 0 Å². The van der Waals surface area contributed by atoms with Gasteiger partial charge in [0.05, 0.1) is 5.69 Å². The van der Waals surface area contributed by atoms with Gasteiger partial charge in [-0.3, -0.25) is 4.79 Å². The Kier molecular flexibility index (Phi) is 6.76. The molecule has 3 rings (SSSR count). The number of aromatic nitrogens is 2. The van der Waals surface area contributed by atoms with E-state index >= 15 is 0 Å². The van der Waals surface area contributed by atoms with Crippen molar-refractivity contribution in [3.8, 4) is 11.3 Å². The predicted molar refractivity (Wildman–Crippen MR) is 107 cm³/mol. The monoisotopic (exact) mass is 368 g/mol. The maximum absolute atomic E-state index is 12.3. The molecule has 1 amide bonds. The van der Waals surface area contributed by atoms with Crippen LogP contribution < -0.4 is 10.2 Å². The van der Waals surface area contributed by atoms with Crippen molar-refractivity contribution in [3.05, 3.63) is 42.2 Å². The zero-order valence-electron chi connectivity index (χ0n) is 16.1. The van der Waals surface area contributed by atoms with Gasteiger partial charge in [0.25, 0.3) is 0 Å². The number of ether oxygens (including phenoxy) is 1. The Hall–Kier alpha value is -2.47. The second-order valence-electron chi connectivity index (χ2n) is 7.03. The third-order valence-electron chi connectivity index (χ3n) is 4.98. The van der Waals surface area contributed by atoms with Crippen LogP contribution in [0.1, 0.15) is 24.8 Å². The molecular formula is C21H28N4O2. The van der Waals surface area contributed by atoms with E-state index in [4.69, 9.17) is 4.74 Å². The highest BCUT2D eigenvalue weighted by Gasteiger charge is 2.25. The van der Waals surface area contributed by atoms with Crippen LogP contribution in [0.2, 0.25) is 0 Å². The highest BCUT2D eigenvalue weighted by atomic mass is 16.5. The van der Waals surface area contributed by atoms with E-state index < -0.39 is 0 Å². The van der Waals surface area contributed by atoms with Crippen molar-refractivity contribution in [2.45, 2.75) is 26.2 Å². The Balaban J connectivity index is 1.57. The summed E-state index contributed by atoms with van der Waals surface area (Å²) in [5, 5.41) is 3.01. The molecule has 1 aliphatic heterocycles. The zero-order valence-corrected chi connectivity index (χ0v) is 16.1. The summed E-state index contributed by atoms with van der Waals surface area (Å²) in [5.41, 5.74) is 3.25. The molecule has 1 aliphatic rings. The van der Waals surface area contributed by atoms with Gasteiger partial charge in [-0.25, -0.2) is 9.97 Å². The fourth-order valence-electron chi connectivity index (χ4n) is 3.43. The summed E-state index contributed by atoms with van der Waals surface area (Å²) in [6.45, 7) is 5.10. The minimum atomic E-state index is 0.0851. The number of anilines is 1. The lowest BCUT2D eigenvalue weighted by atomic mass is 9.96. The molecule has 1 saturated heterocycles. The van der Waals surface area contributed by atoms with Crippen LogP contribution in [-0.2, 0) is 9.53 Å². The van der Waals surface area contributed by atoms with Gasteiger partial charge in [-0.05, 0) is 32.3 Å². The molecule has 0 saturated carbocycles. The van der Waals surface area contributed by atoms with E-state index in [1.807, 2.05) is 12.1 Å². The molecule has 1 aromatic heterocycles. The molecule has 27 heavy (non-hydrogen) atoms. The van der Waals surface area contributed by atoms with E-state index in [0.29, 0.717) is 13.2 Å². The van der Waals surface area contributed by atoms with Crippen LogP contribution >= 0.6 is 0 Å². The standard InChI is InChI=1S/C21H28N4O2/c1-16-5-3-6-18(13-16)19-14-20(24-15-23-19)25-10-7-17(8-11-25)21(26)22-9-4-12-27-2/h3,5-6,13-15,17H,4,7-12H2,1-2H3,(H,22,26). The molecule has 144 valence electrons. The van der Waals surface area contributed by atoms with E-state index in [-0.39, 0.29) is 11.8 Å². The summed E-state index contributed by atoms with van der Waals surface area (Å²) < 4.78 is 5.01. The molecule has 0 bridgehead atoms. The van der Waals surface area contributed by atoms with Crippen LogP contribution in [-0.4, -0.2) is 49.2 Å². The van der Waals surface area contributed by atoms with Gasteiger partial charge in [0.2, 0.25) is 5.91 Å². The van der Waals surface area contributed by atoms with Crippen molar-refractivity contribution in [2.24, 2.45) is 5.92 Å². The van der Waals surface area contributed by atoms with E-state index in [9.17, 15) is 4.79 Å². The number of aryl methyl sites for hydroxylation is 1. The van der Waals surface area contributed by atoms with Crippen LogP contribution in [0.15, 0.2) is 36.7 Å². The molecule has 0 aliphatic carbocycles. The highest BCUT2D eigenvalue weighted by Crippen LogP contribution is 2.25. The second kappa shape index (κ2) is 9.46. The fraction of sp³-hybridized carbons (Fsp3) is 0.476. The quantitative estimate of drug-likeness (QED) is 0.761. The number of amides is 1. The molecule has 2 heterocycles. The first-order valence-corrected chi connectivity index (χ1v) is 9.58. The molecule has 0 radical (unpaired) electrons. The van der Waals surface area contributed by atoms with Gasteiger partial charge in [0.15, 0.2) is 0 Å². The van der Waals surface area contributed by atoms with Crippen LogP contribution in [0.4, 0.5) is 5.82 Å². The Morgan fingerprint density at radius 2 is 2.07 bits per heavy atom. The SMILES string of the molecule is COCCCNC(=O)C1CCN(c2cc(-c3cccc(C)c3)ncn2)CC1. The molecule has 1 fully saturated rings. The predicted octanol–water partition coefficient (Wildman–Crippen LogP) is 2.82. The van der Waals surface area contributed by atoms with Gasteiger partial charge >= 0.3 is 0 Å². The minimum Gasteiger partial charge on any atom is -0.385 e. The molecular weight excluding hydrogens is 340 g/mol. The maximum atomic E-state index is 12.3. The van der Waals surface area contributed by atoms with Crippen LogP contribution in [0.5, 0.6) is 0 Å². The van der Waals surface area contributed by atoms with Crippen molar-refractivity contribution >= 4 is 11.7 Å². The first-order chi connectivity index (χ1) is 13.2. The fourth-order valence-corrected chi connectivity index (χ4v) is 3.43. The highest BCUT2D eigenvalue weighted by molar-refractivity contribution is 5.79. The number of nitrogens with zero attached hydrogens (tertiary/aromatic N) is 3. The first kappa shape index (κ1) is 19.3. The van der Waals surface area contributed by atoms with Gasteiger partial charge < -0.3 is 15.0 Å². The normalized spacial score (nSPS) is 15.0. The molecule has 0 unspecified atom stereocenters. The summed E-state index contributed by atoms with van der Waals surface area (Å²) in [7, 11) is 1.68. The van der Waals surface area contributed by atoms with Crippen molar-refractivity contribution in [2.75, 3.05) is 38.3 Å². The minimum absolute atomic E-state index is 0.0851. The van der Waals surface area contributed by atoms with Crippen molar-refractivity contribution in [3.63, 3.8) is 0 Å². The molecule has 6 heteroatoms. The number of hydrogen-bond donors (Lipinski definition) is 1. The lowest BCUT2D eigenvalue weighted by Gasteiger charge is -2.32. The van der Waals surface area contributed by atoms with Gasteiger partial charge in [0.1, 0.15) is 12.1 Å². The smallest absolute Gasteiger partial charge is 0.223 e. The number of nitrogens with one attached hydrogen (secondary N) is 1. The van der Waals surface area contributed by atoms with Crippen LogP contribution in [0.25, 0.3) is 11.3 Å². The number of rotatable bonds is 7. The van der Waals surface area contributed by atoms with E-state index in [1.165, 1.54) is 5.56 Å². The molecule has 2 aromatic rings. The number of carbonyl (C=O) groups is 1. The largest absolute Gasteiger partial charge is 0.385 e. The van der Waals surface area contributed by atoms with Crippen LogP contribution in [0.3, 0.4) is 0 Å². The Labute approximate surface area is 161 Å². The first-order valence-electron chi connectivity index (χ1n) is 9.58. The van der Waals surface area contributed by atoms with Gasteiger partial charge in [0, 0.05) is 50.9 Å². The number of hydrogen-bond acceptors (Lipinski definition) is 5. The number of methoxy groups -OCH3 is 1. The molecule has 0 spiro atoms. The third kappa shape index (κ3) is 5.26. The summed E-state index contributed by atoms with van der Waals surface area (Å²) in [6, 6.07) is 10.4. The van der Waals surface area contributed by atoms with Gasteiger partial charge in [-0.1, -0.05) is 23.8 Å². The Bertz CT molecular complexity index is 757. The molecule has 0 atom stereocenters. The number of benzene rings is 1. The lowest BCUT2D eigenvalue weighted by molar-refractivity contribution is -0.125. The van der Waals surface area contributed by atoms with E-state index in [1.54, 1.807) is 13.4 Å². The molecule has 6 nitrogen and oxygen atoms in total. The van der Waals surface area contributed by atoms with E-state index in [2.05, 4.69) is 45.3 Å². The third-order valence-corrected chi connectivity index (χ3v) is 4.98. The topological polar surface area (TPSA) is 67.3 Å². The van der Waals surface area contributed by atoms with Gasteiger partial charge in [-0.2, -0.15) is 0 Å². The summed E-state index contributed by atoms with van der Waals surface area (Å²) in [6.07, 6.45) is 4.17. The lowest BCUT2D eigenvalue weighted by Crippen LogP contribution is -2.41. The molecule has 1 aromatic carbocycles. The average Bonchev–Trinajstić information content (AvgIpc) is 2.71. The van der Waals surface area contributed by atoms with Crippen molar-refractivity contribution < 1.29 is 9.53 Å². The Morgan fingerprint density at radius 3 is 2.81 bits per heavy atom. The van der Waals surface area contributed by atoms with Crippen LogP contribution in [0, 0.1) is 12.8 Å². The average molecular weight is 368 g/mol. The molecule has 1 N–H and O–H groups in total. The van der Waals surface area contributed by atoms with E-state index in [0.717, 1.165) is 49.4 Å². The summed E-state index contributed by atoms with van der Waals surface area (Å²) in [4.78, 5) is 23.4. The maximum Gasteiger partial charge on any atom is 0.223 e. The second-order valence-corrected chi connectivity index (χ2v) is 7.03.